The highest BCUT2D eigenvalue weighted by molar-refractivity contribution is 5.56. The monoisotopic (exact) mass is 380 g/mol. The summed E-state index contributed by atoms with van der Waals surface area (Å²) in [5.74, 6) is 3.46. The maximum absolute atomic E-state index is 5.35. The van der Waals surface area contributed by atoms with E-state index in [1.807, 2.05) is 55.5 Å². The van der Waals surface area contributed by atoms with E-state index in [2.05, 4.69) is 20.6 Å². The molecule has 0 saturated heterocycles. The van der Waals surface area contributed by atoms with E-state index in [1.54, 1.807) is 21.3 Å². The van der Waals surface area contributed by atoms with Crippen molar-refractivity contribution < 1.29 is 14.2 Å². The summed E-state index contributed by atoms with van der Waals surface area (Å²) < 4.78 is 15.8. The quantitative estimate of drug-likeness (QED) is 0.607. The molecule has 7 heteroatoms. The topological polar surface area (TPSA) is 77.5 Å². The summed E-state index contributed by atoms with van der Waals surface area (Å²) in [6.45, 7) is 2.53. The number of aromatic nitrogens is 2. The summed E-state index contributed by atoms with van der Waals surface area (Å²) in [5.41, 5.74) is 2.80. The number of anilines is 3. The van der Waals surface area contributed by atoms with Crippen molar-refractivity contribution in [3.63, 3.8) is 0 Å². The van der Waals surface area contributed by atoms with Gasteiger partial charge in [-0.3, -0.25) is 0 Å². The SMILES string of the molecule is COc1ccc(Nc2nc(C)cc(NCc3ccc(OC)c(OC)c3)n2)cc1. The Morgan fingerprint density at radius 3 is 2.25 bits per heavy atom. The molecule has 0 amide bonds. The average Bonchev–Trinajstić information content (AvgIpc) is 2.72. The number of nitrogens with zero attached hydrogens (tertiary/aromatic N) is 2. The minimum atomic E-state index is 0.528. The normalized spacial score (nSPS) is 10.3. The van der Waals surface area contributed by atoms with Gasteiger partial charge in [0.1, 0.15) is 11.6 Å². The van der Waals surface area contributed by atoms with Gasteiger partial charge in [-0.25, -0.2) is 4.98 Å². The molecule has 1 heterocycles. The third-order valence-electron chi connectivity index (χ3n) is 4.12. The molecule has 2 aromatic carbocycles. The maximum atomic E-state index is 5.35. The number of aryl methyl sites for hydroxylation is 1. The van der Waals surface area contributed by atoms with Crippen molar-refractivity contribution in [1.82, 2.24) is 9.97 Å². The van der Waals surface area contributed by atoms with Crippen LogP contribution in [0.3, 0.4) is 0 Å². The Balaban J connectivity index is 1.70. The van der Waals surface area contributed by atoms with Crippen molar-refractivity contribution in [1.29, 1.82) is 0 Å². The summed E-state index contributed by atoms with van der Waals surface area (Å²) in [6, 6.07) is 15.3. The molecule has 0 aliphatic rings. The van der Waals surface area contributed by atoms with Crippen LogP contribution in [0.5, 0.6) is 17.2 Å². The number of hydrogen-bond acceptors (Lipinski definition) is 7. The molecule has 28 heavy (non-hydrogen) atoms. The van der Waals surface area contributed by atoms with Crippen molar-refractivity contribution in [3.8, 4) is 17.2 Å². The zero-order valence-corrected chi connectivity index (χ0v) is 16.4. The van der Waals surface area contributed by atoms with Crippen LogP contribution in [0.15, 0.2) is 48.5 Å². The number of hydrogen-bond donors (Lipinski definition) is 2. The molecule has 0 aliphatic carbocycles. The molecule has 1 aromatic heterocycles. The van der Waals surface area contributed by atoms with E-state index < -0.39 is 0 Å². The van der Waals surface area contributed by atoms with E-state index in [0.717, 1.165) is 28.5 Å². The van der Waals surface area contributed by atoms with Gasteiger partial charge < -0.3 is 24.8 Å². The molecule has 0 atom stereocenters. The minimum absolute atomic E-state index is 0.528. The first-order valence-electron chi connectivity index (χ1n) is 8.83. The lowest BCUT2D eigenvalue weighted by molar-refractivity contribution is 0.354. The van der Waals surface area contributed by atoms with Gasteiger partial charge in [0.05, 0.1) is 21.3 Å². The van der Waals surface area contributed by atoms with E-state index in [9.17, 15) is 0 Å². The highest BCUT2D eigenvalue weighted by atomic mass is 16.5. The second-order valence-electron chi connectivity index (χ2n) is 6.11. The molecule has 3 rings (SSSR count). The largest absolute Gasteiger partial charge is 0.497 e. The van der Waals surface area contributed by atoms with Crippen LogP contribution >= 0.6 is 0 Å². The lowest BCUT2D eigenvalue weighted by atomic mass is 10.2. The van der Waals surface area contributed by atoms with Crippen LogP contribution in [0, 0.1) is 6.92 Å². The molecule has 0 saturated carbocycles. The van der Waals surface area contributed by atoms with Gasteiger partial charge in [0.15, 0.2) is 11.5 Å². The predicted octanol–water partition coefficient (Wildman–Crippen LogP) is 4.17. The average molecular weight is 380 g/mol. The smallest absolute Gasteiger partial charge is 0.229 e. The van der Waals surface area contributed by atoms with Crippen molar-refractivity contribution in [2.45, 2.75) is 13.5 Å². The van der Waals surface area contributed by atoms with Crippen LogP contribution in [-0.4, -0.2) is 31.3 Å². The van der Waals surface area contributed by atoms with Crippen LogP contribution in [0.2, 0.25) is 0 Å². The Morgan fingerprint density at radius 1 is 0.821 bits per heavy atom. The number of benzene rings is 2. The second kappa shape index (κ2) is 8.94. The highest BCUT2D eigenvalue weighted by Gasteiger charge is 2.06. The van der Waals surface area contributed by atoms with E-state index >= 15 is 0 Å². The Bertz CT molecular complexity index is 929. The summed E-state index contributed by atoms with van der Waals surface area (Å²) in [6.07, 6.45) is 0. The lowest BCUT2D eigenvalue weighted by Crippen LogP contribution is -2.06. The number of nitrogens with one attached hydrogen (secondary N) is 2. The molecule has 0 bridgehead atoms. The fourth-order valence-electron chi connectivity index (χ4n) is 2.70. The van der Waals surface area contributed by atoms with Crippen LogP contribution in [0.25, 0.3) is 0 Å². The zero-order valence-electron chi connectivity index (χ0n) is 16.4. The molecule has 0 radical (unpaired) electrons. The van der Waals surface area contributed by atoms with E-state index in [1.165, 1.54) is 0 Å². The van der Waals surface area contributed by atoms with Gasteiger partial charge in [0, 0.05) is 24.0 Å². The Kier molecular flexibility index (Phi) is 6.16. The van der Waals surface area contributed by atoms with Gasteiger partial charge in [-0.05, 0) is 48.9 Å². The molecule has 0 spiro atoms. The van der Waals surface area contributed by atoms with E-state index in [0.29, 0.717) is 24.0 Å². The fraction of sp³-hybridized carbons (Fsp3) is 0.238. The van der Waals surface area contributed by atoms with Crippen molar-refractivity contribution in [3.05, 3.63) is 59.8 Å². The first kappa shape index (κ1) is 19.3. The van der Waals surface area contributed by atoms with Gasteiger partial charge in [0.2, 0.25) is 5.95 Å². The van der Waals surface area contributed by atoms with Gasteiger partial charge in [-0.1, -0.05) is 6.07 Å². The molecule has 0 aliphatic heterocycles. The van der Waals surface area contributed by atoms with Gasteiger partial charge in [0.25, 0.3) is 0 Å². The van der Waals surface area contributed by atoms with Crippen LogP contribution < -0.4 is 24.8 Å². The highest BCUT2D eigenvalue weighted by Crippen LogP contribution is 2.28. The number of ether oxygens (including phenoxy) is 3. The summed E-state index contributed by atoms with van der Waals surface area (Å²) in [4.78, 5) is 8.99. The molecule has 0 unspecified atom stereocenters. The maximum Gasteiger partial charge on any atom is 0.229 e. The third-order valence-corrected chi connectivity index (χ3v) is 4.12. The standard InChI is InChI=1S/C21H24N4O3/c1-14-11-20(22-13-15-5-10-18(27-3)19(12-15)28-4)25-21(23-14)24-16-6-8-17(26-2)9-7-16/h5-12H,13H2,1-4H3,(H2,22,23,24,25). The fourth-order valence-corrected chi connectivity index (χ4v) is 2.70. The Hall–Kier alpha value is -3.48. The summed E-state index contributed by atoms with van der Waals surface area (Å²) in [7, 11) is 4.89. The Labute approximate surface area is 164 Å². The van der Waals surface area contributed by atoms with Crippen molar-refractivity contribution in [2.24, 2.45) is 0 Å². The minimum Gasteiger partial charge on any atom is -0.497 e. The van der Waals surface area contributed by atoms with Crippen LogP contribution in [0.1, 0.15) is 11.3 Å². The Morgan fingerprint density at radius 2 is 1.57 bits per heavy atom. The first-order valence-corrected chi connectivity index (χ1v) is 8.83. The molecule has 146 valence electrons. The summed E-state index contributed by atoms with van der Waals surface area (Å²) >= 11 is 0. The van der Waals surface area contributed by atoms with Gasteiger partial charge >= 0.3 is 0 Å². The molecule has 0 fully saturated rings. The number of methoxy groups -OCH3 is 3. The third kappa shape index (κ3) is 4.82. The van der Waals surface area contributed by atoms with E-state index in [4.69, 9.17) is 14.2 Å². The predicted molar refractivity (Wildman–Crippen MR) is 110 cm³/mol. The molecule has 2 N–H and O–H groups in total. The molecular formula is C21H24N4O3. The summed E-state index contributed by atoms with van der Waals surface area (Å²) in [5, 5.41) is 6.54. The second-order valence-corrected chi connectivity index (χ2v) is 6.11. The van der Waals surface area contributed by atoms with Gasteiger partial charge in [-0.15, -0.1) is 0 Å². The van der Waals surface area contributed by atoms with E-state index in [-0.39, 0.29) is 0 Å². The molecule has 3 aromatic rings. The van der Waals surface area contributed by atoms with Gasteiger partial charge in [-0.2, -0.15) is 4.98 Å². The lowest BCUT2D eigenvalue weighted by Gasteiger charge is -2.12. The zero-order chi connectivity index (χ0) is 19.9. The molecular weight excluding hydrogens is 356 g/mol. The first-order chi connectivity index (χ1) is 13.6. The van der Waals surface area contributed by atoms with Crippen molar-refractivity contribution in [2.75, 3.05) is 32.0 Å². The number of rotatable bonds is 8. The molecule has 7 nitrogen and oxygen atoms in total. The van der Waals surface area contributed by atoms with Crippen LogP contribution in [0.4, 0.5) is 17.5 Å². The van der Waals surface area contributed by atoms with Crippen molar-refractivity contribution >= 4 is 17.5 Å². The van der Waals surface area contributed by atoms with Crippen LogP contribution in [-0.2, 0) is 6.54 Å².